The minimum atomic E-state index is -0.873. The fourth-order valence-corrected chi connectivity index (χ4v) is 5.15. The molecule has 1 amide bonds. The van der Waals surface area contributed by atoms with Crippen LogP contribution in [0.5, 0.6) is 0 Å². The second kappa shape index (κ2) is 6.71. The van der Waals surface area contributed by atoms with Gasteiger partial charge in [-0.1, -0.05) is 43.2 Å². The van der Waals surface area contributed by atoms with Crippen molar-refractivity contribution in [3.8, 4) is 0 Å². The van der Waals surface area contributed by atoms with Gasteiger partial charge in [0, 0.05) is 30.9 Å². The second-order valence-corrected chi connectivity index (χ2v) is 7.94. The summed E-state index contributed by atoms with van der Waals surface area (Å²) >= 11 is 0. The maximum Gasteiger partial charge on any atom is 0.259 e. The van der Waals surface area contributed by atoms with E-state index in [-0.39, 0.29) is 17.9 Å². The first-order valence-electron chi connectivity index (χ1n) is 10.1. The molecule has 2 fully saturated rings. The van der Waals surface area contributed by atoms with Crippen LogP contribution < -0.4 is 0 Å². The number of carbonyl (C=O) groups is 1. The zero-order chi connectivity index (χ0) is 19.1. The van der Waals surface area contributed by atoms with Crippen LogP contribution in [0.25, 0.3) is 5.65 Å². The van der Waals surface area contributed by atoms with Crippen molar-refractivity contribution in [2.45, 2.75) is 43.7 Å². The molecule has 2 aromatic heterocycles. The zero-order valence-corrected chi connectivity index (χ0v) is 15.7. The molecule has 1 saturated carbocycles. The van der Waals surface area contributed by atoms with Gasteiger partial charge in [0.15, 0.2) is 5.65 Å². The number of hydrogen-bond acceptors (Lipinski definition) is 4. The van der Waals surface area contributed by atoms with Gasteiger partial charge in [-0.2, -0.15) is 5.10 Å². The lowest BCUT2D eigenvalue weighted by molar-refractivity contribution is -0.110. The Bertz CT molecular complexity index is 1000. The number of hydrogen-bond donors (Lipinski definition) is 1. The standard InChI is InChI=1S/C22H24N4O2/c27-21(17-15-24-26-13-6-12-23-20(17)26)25-14-11-22(28,16-7-2-1-3-8-16)18-9-4-5-10-19(18)25/h1-3,6-8,12-13,15,18-19,28H,4-5,9-11,14H2/t18-,19-,22+/m1/s1. The molecule has 6 nitrogen and oxygen atoms in total. The average molecular weight is 376 g/mol. The van der Waals surface area contributed by atoms with Crippen LogP contribution in [0.2, 0.25) is 0 Å². The van der Waals surface area contributed by atoms with Crippen molar-refractivity contribution < 1.29 is 9.90 Å². The molecule has 6 heteroatoms. The highest BCUT2D eigenvalue weighted by molar-refractivity contribution is 5.99. The predicted octanol–water partition coefficient (Wildman–Crippen LogP) is 3.02. The molecule has 0 unspecified atom stereocenters. The van der Waals surface area contributed by atoms with Gasteiger partial charge in [-0.25, -0.2) is 9.50 Å². The van der Waals surface area contributed by atoms with Gasteiger partial charge in [-0.3, -0.25) is 4.79 Å². The van der Waals surface area contributed by atoms with Crippen LogP contribution in [0.15, 0.2) is 55.0 Å². The number of carbonyl (C=O) groups excluding carboxylic acids is 1. The fourth-order valence-electron chi connectivity index (χ4n) is 5.15. The molecule has 1 saturated heterocycles. The van der Waals surface area contributed by atoms with E-state index in [2.05, 4.69) is 10.1 Å². The summed E-state index contributed by atoms with van der Waals surface area (Å²) in [6, 6.07) is 11.8. The van der Waals surface area contributed by atoms with Crippen LogP contribution in [-0.2, 0) is 5.60 Å². The van der Waals surface area contributed by atoms with Crippen LogP contribution in [0.3, 0.4) is 0 Å². The molecule has 1 aliphatic heterocycles. The number of benzene rings is 1. The summed E-state index contributed by atoms with van der Waals surface area (Å²) in [5.74, 6) is 0.0249. The number of fused-ring (bicyclic) bond motifs is 2. The fraction of sp³-hybridized carbons (Fsp3) is 0.409. The molecular weight excluding hydrogens is 352 g/mol. The van der Waals surface area contributed by atoms with Gasteiger partial charge >= 0.3 is 0 Å². The Kier molecular flexibility index (Phi) is 4.16. The summed E-state index contributed by atoms with van der Waals surface area (Å²) < 4.78 is 1.63. The van der Waals surface area contributed by atoms with Crippen molar-refractivity contribution in [3.63, 3.8) is 0 Å². The molecule has 1 aliphatic carbocycles. The third kappa shape index (κ3) is 2.63. The van der Waals surface area contributed by atoms with Gasteiger partial charge in [0.05, 0.1) is 11.8 Å². The minimum Gasteiger partial charge on any atom is -0.385 e. The highest BCUT2D eigenvalue weighted by atomic mass is 16.3. The van der Waals surface area contributed by atoms with Crippen LogP contribution in [-0.4, -0.2) is 43.1 Å². The van der Waals surface area contributed by atoms with E-state index in [0.717, 1.165) is 31.2 Å². The molecular formula is C22H24N4O2. The third-order valence-electron chi connectivity index (χ3n) is 6.52. The lowest BCUT2D eigenvalue weighted by Crippen LogP contribution is -2.59. The summed E-state index contributed by atoms with van der Waals surface area (Å²) in [5.41, 5.74) is 1.22. The molecule has 1 N–H and O–H groups in total. The molecule has 0 spiro atoms. The number of aromatic nitrogens is 3. The normalized spacial score (nSPS) is 27.5. The first-order chi connectivity index (χ1) is 13.7. The molecule has 5 rings (SSSR count). The van der Waals surface area contributed by atoms with Gasteiger partial charge in [-0.05, 0) is 30.9 Å². The summed E-state index contributed by atoms with van der Waals surface area (Å²) in [4.78, 5) is 19.7. The number of amides is 1. The molecule has 3 heterocycles. The Morgan fingerprint density at radius 2 is 1.96 bits per heavy atom. The first kappa shape index (κ1) is 17.4. The van der Waals surface area contributed by atoms with Gasteiger partial charge in [-0.15, -0.1) is 0 Å². The first-order valence-corrected chi connectivity index (χ1v) is 10.1. The second-order valence-electron chi connectivity index (χ2n) is 7.94. The molecule has 28 heavy (non-hydrogen) atoms. The van der Waals surface area contributed by atoms with E-state index in [1.165, 1.54) is 0 Å². The van der Waals surface area contributed by atoms with Crippen molar-refractivity contribution in [2.24, 2.45) is 5.92 Å². The largest absolute Gasteiger partial charge is 0.385 e. The number of piperidine rings is 1. The van der Waals surface area contributed by atoms with E-state index < -0.39 is 5.60 Å². The van der Waals surface area contributed by atoms with Crippen molar-refractivity contribution in [3.05, 3.63) is 66.1 Å². The summed E-state index contributed by atoms with van der Waals surface area (Å²) in [6.07, 6.45) is 9.69. The Morgan fingerprint density at radius 1 is 1.14 bits per heavy atom. The molecule has 1 aromatic carbocycles. The van der Waals surface area contributed by atoms with Gasteiger partial charge in [0.2, 0.25) is 0 Å². The monoisotopic (exact) mass is 376 g/mol. The van der Waals surface area contributed by atoms with Crippen LogP contribution in [0.4, 0.5) is 0 Å². The van der Waals surface area contributed by atoms with E-state index in [1.807, 2.05) is 35.2 Å². The summed E-state index contributed by atoms with van der Waals surface area (Å²) in [6.45, 7) is 0.537. The smallest absolute Gasteiger partial charge is 0.259 e. The molecule has 3 aromatic rings. The van der Waals surface area contributed by atoms with E-state index in [0.29, 0.717) is 24.2 Å². The Balaban J connectivity index is 1.50. The predicted molar refractivity (Wildman–Crippen MR) is 105 cm³/mol. The summed E-state index contributed by atoms with van der Waals surface area (Å²) in [7, 11) is 0. The Hall–Kier alpha value is -2.73. The Morgan fingerprint density at radius 3 is 2.82 bits per heavy atom. The molecule has 0 bridgehead atoms. The summed E-state index contributed by atoms with van der Waals surface area (Å²) in [5, 5.41) is 15.9. The number of rotatable bonds is 2. The molecule has 2 aliphatic rings. The highest BCUT2D eigenvalue weighted by Crippen LogP contribution is 2.47. The lowest BCUT2D eigenvalue weighted by atomic mass is 9.66. The average Bonchev–Trinajstić information content (AvgIpc) is 3.19. The lowest BCUT2D eigenvalue weighted by Gasteiger charge is -2.52. The zero-order valence-electron chi connectivity index (χ0n) is 15.7. The minimum absolute atomic E-state index is 0.0271. The van der Waals surface area contributed by atoms with Gasteiger partial charge in [0.25, 0.3) is 5.91 Å². The van der Waals surface area contributed by atoms with Crippen molar-refractivity contribution in [1.82, 2.24) is 19.5 Å². The van der Waals surface area contributed by atoms with Gasteiger partial charge < -0.3 is 10.0 Å². The van der Waals surface area contributed by atoms with Crippen molar-refractivity contribution >= 4 is 11.6 Å². The maximum absolute atomic E-state index is 13.4. The SMILES string of the molecule is O=C(c1cnn2cccnc12)N1CC[C@](O)(c2ccccc2)[C@@H]2CCCC[C@H]21. The molecule has 3 atom stereocenters. The highest BCUT2D eigenvalue weighted by Gasteiger charge is 2.50. The number of likely N-dealkylation sites (tertiary alicyclic amines) is 1. The molecule has 0 radical (unpaired) electrons. The van der Waals surface area contributed by atoms with E-state index in [4.69, 9.17) is 0 Å². The van der Waals surface area contributed by atoms with E-state index in [1.54, 1.807) is 29.2 Å². The van der Waals surface area contributed by atoms with E-state index >= 15 is 0 Å². The third-order valence-corrected chi connectivity index (χ3v) is 6.52. The van der Waals surface area contributed by atoms with Crippen LogP contribution >= 0.6 is 0 Å². The quantitative estimate of drug-likeness (QED) is 0.746. The van der Waals surface area contributed by atoms with Gasteiger partial charge in [0.1, 0.15) is 5.56 Å². The van der Waals surface area contributed by atoms with Crippen LogP contribution in [0.1, 0.15) is 48.0 Å². The van der Waals surface area contributed by atoms with Crippen molar-refractivity contribution in [1.29, 1.82) is 0 Å². The molecule has 144 valence electrons. The topological polar surface area (TPSA) is 70.7 Å². The number of aliphatic hydroxyl groups is 1. The van der Waals surface area contributed by atoms with E-state index in [9.17, 15) is 9.90 Å². The van der Waals surface area contributed by atoms with Crippen molar-refractivity contribution in [2.75, 3.05) is 6.54 Å². The number of nitrogens with zero attached hydrogens (tertiary/aromatic N) is 4. The van der Waals surface area contributed by atoms with Crippen LogP contribution in [0, 0.1) is 5.92 Å². The Labute approximate surface area is 163 Å². The maximum atomic E-state index is 13.4.